The van der Waals surface area contributed by atoms with E-state index in [1.807, 2.05) is 0 Å². The van der Waals surface area contributed by atoms with Gasteiger partial charge in [0.2, 0.25) is 14.4 Å². The smallest absolute Gasteiger partial charge is 0.409 e. The maximum Gasteiger partial charge on any atom is 0.409 e. The Bertz CT molecular complexity index is 535. The van der Waals surface area contributed by atoms with Gasteiger partial charge in [-0.2, -0.15) is 0 Å². The van der Waals surface area contributed by atoms with Crippen molar-refractivity contribution in [3.05, 3.63) is 12.2 Å². The summed E-state index contributed by atoms with van der Waals surface area (Å²) in [6.45, 7) is 1.44. The van der Waals surface area contributed by atoms with Crippen LogP contribution < -0.4 is 0 Å². The van der Waals surface area contributed by atoms with Crippen molar-refractivity contribution in [1.29, 1.82) is 0 Å². The van der Waals surface area contributed by atoms with E-state index < -0.39 is 31.7 Å². The Morgan fingerprint density at radius 2 is 1.86 bits per heavy atom. The molecule has 1 amide bonds. The van der Waals surface area contributed by atoms with Crippen molar-refractivity contribution in [2.24, 2.45) is 0 Å². The first kappa shape index (κ1) is 17.2. The Morgan fingerprint density at radius 1 is 1.29 bits per heavy atom. The van der Waals surface area contributed by atoms with Gasteiger partial charge in [0.1, 0.15) is 11.2 Å². The van der Waals surface area contributed by atoms with Crippen LogP contribution >= 0.6 is 46.4 Å². The first-order valence-electron chi connectivity index (χ1n) is 5.94. The van der Waals surface area contributed by atoms with Gasteiger partial charge in [0, 0.05) is 7.05 Å². The van der Waals surface area contributed by atoms with Crippen molar-refractivity contribution < 1.29 is 19.1 Å². The molecular formula is C12H13Cl4NO4. The second-order valence-corrected chi connectivity index (χ2v) is 7.89. The number of ether oxygens (including phenoxy) is 2. The number of Topliss-reactive ketones (excluding diaryl/α,β-unsaturated/α-hetero) is 1. The number of rotatable bonds is 2. The molecule has 1 saturated heterocycles. The van der Waals surface area contributed by atoms with E-state index in [-0.39, 0.29) is 6.54 Å². The highest BCUT2D eigenvalue weighted by atomic mass is 35.5. The molecule has 0 aliphatic carbocycles. The quantitative estimate of drug-likeness (QED) is 0.549. The van der Waals surface area contributed by atoms with Gasteiger partial charge in [-0.05, 0) is 13.0 Å². The van der Waals surface area contributed by atoms with E-state index in [2.05, 4.69) is 4.74 Å². The van der Waals surface area contributed by atoms with Gasteiger partial charge in [0.15, 0.2) is 0 Å². The summed E-state index contributed by atoms with van der Waals surface area (Å²) in [7, 11) is 2.69. The molecule has 2 bridgehead atoms. The van der Waals surface area contributed by atoms with Gasteiger partial charge in [-0.15, -0.1) is 0 Å². The zero-order valence-corrected chi connectivity index (χ0v) is 14.5. The highest BCUT2D eigenvalue weighted by Crippen LogP contribution is 2.59. The summed E-state index contributed by atoms with van der Waals surface area (Å²) in [6, 6.07) is 0. The molecule has 0 aromatic rings. The number of nitrogens with zero attached hydrogens (tertiary/aromatic N) is 1. The molecule has 2 heterocycles. The summed E-state index contributed by atoms with van der Waals surface area (Å²) < 4.78 is 6.45. The number of fused-ring (bicyclic) bond motifs is 2. The number of carbonyl (C=O) groups is 2. The summed E-state index contributed by atoms with van der Waals surface area (Å²) in [6.07, 6.45) is 2.42. The first-order chi connectivity index (χ1) is 9.43. The molecule has 0 saturated carbocycles. The van der Waals surface area contributed by atoms with Gasteiger partial charge < -0.3 is 14.4 Å². The zero-order valence-electron chi connectivity index (χ0n) is 11.5. The molecule has 118 valence electrons. The van der Waals surface area contributed by atoms with Crippen molar-refractivity contribution in [3.63, 3.8) is 0 Å². The van der Waals surface area contributed by atoms with Crippen molar-refractivity contribution in [2.75, 3.05) is 20.7 Å². The van der Waals surface area contributed by atoms with E-state index in [0.717, 1.165) is 0 Å². The van der Waals surface area contributed by atoms with Gasteiger partial charge in [0.05, 0.1) is 13.7 Å². The minimum Gasteiger partial charge on any atom is -0.453 e. The average Bonchev–Trinajstić information content (AvgIpc) is 2.75. The lowest BCUT2D eigenvalue weighted by molar-refractivity contribution is -0.158. The van der Waals surface area contributed by atoms with E-state index in [9.17, 15) is 9.59 Å². The Labute approximate surface area is 142 Å². The Kier molecular flexibility index (Phi) is 4.00. The largest absolute Gasteiger partial charge is 0.453 e. The summed E-state index contributed by atoms with van der Waals surface area (Å²) in [5, 5.41) is 0. The van der Waals surface area contributed by atoms with Crippen molar-refractivity contribution in [1.82, 2.24) is 4.90 Å². The van der Waals surface area contributed by atoms with Gasteiger partial charge in [-0.1, -0.05) is 52.5 Å². The van der Waals surface area contributed by atoms with Gasteiger partial charge >= 0.3 is 6.09 Å². The van der Waals surface area contributed by atoms with Crippen molar-refractivity contribution in [3.8, 4) is 0 Å². The van der Waals surface area contributed by atoms with Crippen molar-refractivity contribution in [2.45, 2.75) is 26.8 Å². The van der Waals surface area contributed by atoms with Crippen LogP contribution in [0.15, 0.2) is 12.2 Å². The van der Waals surface area contributed by atoms with Crippen LogP contribution in [0, 0.1) is 0 Å². The third-order valence-corrected chi connectivity index (χ3v) is 5.83. The van der Waals surface area contributed by atoms with Gasteiger partial charge in [-0.3, -0.25) is 4.79 Å². The average molecular weight is 377 g/mol. The van der Waals surface area contributed by atoms with Crippen molar-refractivity contribution >= 4 is 58.3 Å². The third kappa shape index (κ3) is 2.17. The Hall–Kier alpha value is -0.200. The number of halogens is 4. The normalized spacial score (nSPS) is 35.7. The molecule has 2 aliphatic rings. The molecule has 9 heteroatoms. The second kappa shape index (κ2) is 4.90. The highest BCUT2D eigenvalue weighted by molar-refractivity contribution is 6.70. The molecule has 1 fully saturated rings. The molecule has 0 N–H and O–H groups in total. The topological polar surface area (TPSA) is 55.8 Å². The predicted octanol–water partition coefficient (Wildman–Crippen LogP) is 2.70. The Morgan fingerprint density at radius 3 is 2.38 bits per heavy atom. The monoisotopic (exact) mass is 375 g/mol. The number of amides is 1. The lowest BCUT2D eigenvalue weighted by Crippen LogP contribution is -2.70. The van der Waals surface area contributed by atoms with Gasteiger partial charge in [-0.25, -0.2) is 4.79 Å². The molecule has 2 aliphatic heterocycles. The summed E-state index contributed by atoms with van der Waals surface area (Å²) in [4.78, 5) is 25.2. The Balaban J connectivity index is 2.44. The second-order valence-electron chi connectivity index (χ2n) is 5.24. The fourth-order valence-electron chi connectivity index (χ4n) is 2.45. The fraction of sp³-hybridized carbons (Fsp3) is 0.667. The summed E-state index contributed by atoms with van der Waals surface area (Å²) >= 11 is 24.6. The molecule has 21 heavy (non-hydrogen) atoms. The minimum atomic E-state index is -2.05. The van der Waals surface area contributed by atoms with E-state index in [1.54, 1.807) is 6.92 Å². The number of methoxy groups -OCH3 is 1. The van der Waals surface area contributed by atoms with Crippen LogP contribution in [-0.2, 0) is 14.3 Å². The van der Waals surface area contributed by atoms with Gasteiger partial charge in [0.25, 0.3) is 0 Å². The number of hydrogen-bond donors (Lipinski definition) is 0. The molecule has 5 nitrogen and oxygen atoms in total. The predicted molar refractivity (Wildman–Crippen MR) is 80.3 cm³/mol. The standard InChI is InChI=1S/C12H13Cl4NO4/c1-9-4-5-10(21-9,6-17(2)8(19)20-3)12(15,16)7(18)11(9,13)14/h4-5H,6H2,1-3H3/t9-,10-/m0/s1. The minimum absolute atomic E-state index is 0.103. The van der Waals surface area contributed by atoms with Crippen LogP contribution in [0.5, 0.6) is 0 Å². The molecular weight excluding hydrogens is 364 g/mol. The number of alkyl halides is 4. The zero-order chi connectivity index (χ0) is 16.3. The molecule has 0 aromatic carbocycles. The highest BCUT2D eigenvalue weighted by Gasteiger charge is 2.74. The number of ketones is 1. The third-order valence-electron chi connectivity index (χ3n) is 3.75. The lowest BCUT2D eigenvalue weighted by Gasteiger charge is -2.51. The van der Waals surface area contributed by atoms with Crippen LogP contribution in [0.4, 0.5) is 4.79 Å². The first-order valence-corrected chi connectivity index (χ1v) is 7.45. The molecule has 0 radical (unpaired) electrons. The van der Waals surface area contributed by atoms with Crippen LogP contribution in [-0.4, -0.2) is 57.3 Å². The number of hydrogen-bond acceptors (Lipinski definition) is 4. The lowest BCUT2D eigenvalue weighted by atomic mass is 9.88. The van der Waals surface area contributed by atoms with Crippen LogP contribution in [0.3, 0.4) is 0 Å². The van der Waals surface area contributed by atoms with Crippen LogP contribution in [0.1, 0.15) is 6.92 Å². The van der Waals surface area contributed by atoms with E-state index in [1.165, 1.54) is 31.2 Å². The molecule has 2 atom stereocenters. The SMILES string of the molecule is COC(=O)N(C)C[C@]12C=C[C@](C)(O1)C(Cl)(Cl)C(=O)C2(Cl)Cl. The maximum absolute atomic E-state index is 12.5. The van der Waals surface area contributed by atoms with E-state index >= 15 is 0 Å². The molecule has 2 rings (SSSR count). The maximum atomic E-state index is 12.5. The number of carbonyl (C=O) groups excluding carboxylic acids is 2. The molecule has 0 spiro atoms. The summed E-state index contributed by atoms with van der Waals surface area (Å²) in [5.74, 6) is -0.793. The number of likely N-dealkylation sites (N-methyl/N-ethyl adjacent to an activating group) is 1. The van der Waals surface area contributed by atoms with Crippen LogP contribution in [0.25, 0.3) is 0 Å². The molecule has 0 aromatic heterocycles. The van der Waals surface area contributed by atoms with E-state index in [4.69, 9.17) is 51.1 Å². The summed E-state index contributed by atoms with van der Waals surface area (Å²) in [5.41, 5.74) is -2.75. The van der Waals surface area contributed by atoms with Crippen LogP contribution in [0.2, 0.25) is 0 Å². The van der Waals surface area contributed by atoms with E-state index in [0.29, 0.717) is 0 Å². The molecule has 0 unspecified atom stereocenters. The fourth-order valence-corrected chi connectivity index (χ4v) is 3.74.